The average Bonchev–Trinajstić information content (AvgIpc) is 3.07. The van der Waals surface area contributed by atoms with Gasteiger partial charge in [-0.3, -0.25) is 0 Å². The molecule has 7 heteroatoms. The maximum Gasteiger partial charge on any atom is 0.242 e. The van der Waals surface area contributed by atoms with E-state index in [0.717, 1.165) is 24.8 Å². The summed E-state index contributed by atoms with van der Waals surface area (Å²) in [6.07, 6.45) is 2.85. The quantitative estimate of drug-likeness (QED) is 0.906. The Bertz CT molecular complexity index is 702. The molecule has 3 rings (SSSR count). The molecule has 2 heterocycles. The number of aliphatic hydroxyl groups is 1. The number of rotatable bonds is 4. The SMILES string of the molecule is O=S(=O)(NC1CCCc2sccc21)c1ccsc1CO. The van der Waals surface area contributed by atoms with Gasteiger partial charge in [-0.25, -0.2) is 13.1 Å². The van der Waals surface area contributed by atoms with E-state index in [2.05, 4.69) is 4.72 Å². The first kappa shape index (κ1) is 14.2. The van der Waals surface area contributed by atoms with Crippen molar-refractivity contribution in [1.82, 2.24) is 4.72 Å². The summed E-state index contributed by atoms with van der Waals surface area (Å²) in [4.78, 5) is 1.96. The Morgan fingerprint density at radius 1 is 1.30 bits per heavy atom. The molecule has 0 fully saturated rings. The molecule has 2 aromatic heterocycles. The van der Waals surface area contributed by atoms with Gasteiger partial charge in [0.1, 0.15) is 0 Å². The first-order valence-corrected chi connectivity index (χ1v) is 9.62. The maximum atomic E-state index is 12.5. The molecule has 0 amide bonds. The Morgan fingerprint density at radius 2 is 2.10 bits per heavy atom. The van der Waals surface area contributed by atoms with Crippen molar-refractivity contribution in [3.8, 4) is 0 Å². The summed E-state index contributed by atoms with van der Waals surface area (Å²) >= 11 is 2.95. The molecule has 1 atom stereocenters. The van der Waals surface area contributed by atoms with Gasteiger partial charge in [-0.15, -0.1) is 22.7 Å². The van der Waals surface area contributed by atoms with Crippen LogP contribution >= 0.6 is 22.7 Å². The molecule has 108 valence electrons. The molecule has 2 N–H and O–H groups in total. The van der Waals surface area contributed by atoms with Gasteiger partial charge < -0.3 is 5.11 Å². The van der Waals surface area contributed by atoms with Crippen LogP contribution in [0.3, 0.4) is 0 Å². The number of aliphatic hydroxyl groups excluding tert-OH is 1. The molecule has 0 bridgehead atoms. The summed E-state index contributed by atoms with van der Waals surface area (Å²) in [6.45, 7) is -0.248. The van der Waals surface area contributed by atoms with E-state index in [9.17, 15) is 13.5 Å². The van der Waals surface area contributed by atoms with Gasteiger partial charge in [-0.05, 0) is 47.7 Å². The van der Waals surface area contributed by atoms with Crippen LogP contribution in [0.4, 0.5) is 0 Å². The highest BCUT2D eigenvalue weighted by Gasteiger charge is 2.28. The lowest BCUT2D eigenvalue weighted by molar-refractivity contribution is 0.282. The molecule has 20 heavy (non-hydrogen) atoms. The zero-order valence-corrected chi connectivity index (χ0v) is 13.2. The molecule has 0 saturated carbocycles. The molecular formula is C13H15NO3S3. The van der Waals surface area contributed by atoms with Gasteiger partial charge >= 0.3 is 0 Å². The number of thiophene rings is 2. The standard InChI is InChI=1S/C13H15NO3S3/c15-8-12-13(5-7-19-12)20(16,17)14-10-2-1-3-11-9(10)4-6-18-11/h4-7,10,14-15H,1-3,8H2. The summed E-state index contributed by atoms with van der Waals surface area (Å²) in [5.41, 5.74) is 1.10. The van der Waals surface area contributed by atoms with E-state index >= 15 is 0 Å². The Balaban J connectivity index is 1.89. The zero-order valence-electron chi connectivity index (χ0n) is 10.7. The van der Waals surface area contributed by atoms with Crippen LogP contribution in [0.2, 0.25) is 0 Å². The van der Waals surface area contributed by atoms with Crippen molar-refractivity contribution >= 4 is 32.7 Å². The van der Waals surface area contributed by atoms with E-state index in [1.165, 1.54) is 16.2 Å². The molecular weight excluding hydrogens is 314 g/mol. The minimum absolute atomic E-state index is 0.151. The summed E-state index contributed by atoms with van der Waals surface area (Å²) < 4.78 is 27.7. The highest BCUT2D eigenvalue weighted by molar-refractivity contribution is 7.89. The van der Waals surface area contributed by atoms with E-state index in [1.807, 2.05) is 11.4 Å². The molecule has 0 radical (unpaired) electrons. The Kier molecular flexibility index (Phi) is 3.96. The fourth-order valence-corrected chi connectivity index (χ4v) is 6.08. The topological polar surface area (TPSA) is 66.4 Å². The number of sulfonamides is 1. The first-order valence-electron chi connectivity index (χ1n) is 6.37. The van der Waals surface area contributed by atoms with Crippen molar-refractivity contribution in [3.05, 3.63) is 38.2 Å². The third-order valence-electron chi connectivity index (χ3n) is 3.49. The summed E-state index contributed by atoms with van der Waals surface area (Å²) in [7, 11) is -3.57. The smallest absolute Gasteiger partial charge is 0.242 e. The van der Waals surface area contributed by atoms with Crippen LogP contribution in [0.25, 0.3) is 0 Å². The van der Waals surface area contributed by atoms with E-state index in [1.54, 1.807) is 22.8 Å². The second-order valence-electron chi connectivity index (χ2n) is 4.73. The zero-order chi connectivity index (χ0) is 14.2. The maximum absolute atomic E-state index is 12.5. The highest BCUT2D eigenvalue weighted by atomic mass is 32.2. The molecule has 0 aromatic carbocycles. The van der Waals surface area contributed by atoms with Crippen molar-refractivity contribution in [2.24, 2.45) is 0 Å². The predicted molar refractivity (Wildman–Crippen MR) is 80.6 cm³/mol. The van der Waals surface area contributed by atoms with Crippen molar-refractivity contribution < 1.29 is 13.5 Å². The lowest BCUT2D eigenvalue weighted by atomic mass is 9.95. The van der Waals surface area contributed by atoms with E-state index < -0.39 is 10.0 Å². The van der Waals surface area contributed by atoms with Gasteiger partial charge in [0.25, 0.3) is 0 Å². The number of fused-ring (bicyclic) bond motifs is 1. The fraction of sp³-hybridized carbons (Fsp3) is 0.385. The van der Waals surface area contributed by atoms with Crippen molar-refractivity contribution in [1.29, 1.82) is 0 Å². The molecule has 1 aliphatic rings. The monoisotopic (exact) mass is 329 g/mol. The largest absolute Gasteiger partial charge is 0.391 e. The molecule has 2 aromatic rings. The predicted octanol–water partition coefficient (Wildman–Crippen LogP) is 2.66. The summed E-state index contributed by atoms with van der Waals surface area (Å²) in [5, 5.41) is 12.9. The second-order valence-corrected chi connectivity index (χ2v) is 8.42. The molecule has 0 spiro atoms. The van der Waals surface area contributed by atoms with E-state index in [-0.39, 0.29) is 17.5 Å². The van der Waals surface area contributed by atoms with Crippen LogP contribution in [0.1, 0.15) is 34.2 Å². The van der Waals surface area contributed by atoms with Gasteiger partial charge in [0, 0.05) is 15.8 Å². The van der Waals surface area contributed by atoms with Gasteiger partial charge in [0.15, 0.2) is 0 Å². The van der Waals surface area contributed by atoms with Crippen molar-refractivity contribution in [2.45, 2.75) is 36.8 Å². The highest BCUT2D eigenvalue weighted by Crippen LogP contribution is 2.34. The number of aryl methyl sites for hydroxylation is 1. The summed E-state index contributed by atoms with van der Waals surface area (Å²) in [5.74, 6) is 0. The number of nitrogens with one attached hydrogen (secondary N) is 1. The third kappa shape index (κ3) is 2.56. The van der Waals surface area contributed by atoms with Gasteiger partial charge in [0.2, 0.25) is 10.0 Å². The normalized spacial score (nSPS) is 18.9. The first-order chi connectivity index (χ1) is 9.62. The summed E-state index contributed by atoms with van der Waals surface area (Å²) in [6, 6.07) is 3.41. The molecule has 0 saturated heterocycles. The van der Waals surface area contributed by atoms with Gasteiger partial charge in [-0.1, -0.05) is 0 Å². The van der Waals surface area contributed by atoms with Crippen LogP contribution in [0.15, 0.2) is 27.8 Å². The number of hydrogen-bond acceptors (Lipinski definition) is 5. The minimum atomic E-state index is -3.57. The Morgan fingerprint density at radius 3 is 2.90 bits per heavy atom. The van der Waals surface area contributed by atoms with Crippen molar-refractivity contribution in [2.75, 3.05) is 0 Å². The van der Waals surface area contributed by atoms with E-state index in [0.29, 0.717) is 4.88 Å². The third-order valence-corrected chi connectivity index (χ3v) is 7.07. The van der Waals surface area contributed by atoms with Crippen LogP contribution in [-0.4, -0.2) is 13.5 Å². The number of hydrogen-bond donors (Lipinski definition) is 2. The second kappa shape index (κ2) is 5.57. The van der Waals surface area contributed by atoms with Crippen LogP contribution in [0, 0.1) is 0 Å². The Hall–Kier alpha value is -0.730. The van der Waals surface area contributed by atoms with Gasteiger partial charge in [0.05, 0.1) is 11.5 Å². The lowest BCUT2D eigenvalue weighted by Gasteiger charge is -2.23. The molecule has 1 aliphatic carbocycles. The lowest BCUT2D eigenvalue weighted by Crippen LogP contribution is -2.30. The average molecular weight is 329 g/mol. The van der Waals surface area contributed by atoms with Crippen LogP contribution in [-0.2, 0) is 23.1 Å². The molecule has 1 unspecified atom stereocenters. The molecule has 4 nitrogen and oxygen atoms in total. The van der Waals surface area contributed by atoms with Crippen LogP contribution in [0.5, 0.6) is 0 Å². The van der Waals surface area contributed by atoms with Gasteiger partial charge in [-0.2, -0.15) is 0 Å². The van der Waals surface area contributed by atoms with Crippen molar-refractivity contribution in [3.63, 3.8) is 0 Å². The van der Waals surface area contributed by atoms with E-state index in [4.69, 9.17) is 0 Å². The molecule has 0 aliphatic heterocycles. The van der Waals surface area contributed by atoms with Crippen LogP contribution < -0.4 is 4.72 Å². The Labute approximate surface area is 126 Å². The fourth-order valence-electron chi connectivity index (χ4n) is 2.54. The minimum Gasteiger partial charge on any atom is -0.391 e.